The highest BCUT2D eigenvalue weighted by Crippen LogP contribution is 2.08. The molecule has 0 radical (unpaired) electrons. The fraction of sp³-hybridized carbons (Fsp3) is 0.400. The highest BCUT2D eigenvalue weighted by molar-refractivity contribution is 5.94. The Morgan fingerprint density at radius 3 is 2.14 bits per heavy atom. The van der Waals surface area contributed by atoms with Gasteiger partial charge >= 0.3 is 11.9 Å². The highest BCUT2D eigenvalue weighted by Gasteiger charge is 2.26. The third-order valence-electron chi connectivity index (χ3n) is 1.62. The van der Waals surface area contributed by atoms with Gasteiger partial charge in [-0.3, -0.25) is 9.59 Å². The van der Waals surface area contributed by atoms with Crippen LogP contribution in [-0.4, -0.2) is 26.2 Å². The number of ether oxygens (including phenoxy) is 2. The van der Waals surface area contributed by atoms with Gasteiger partial charge in [0.2, 0.25) is 0 Å². The molecule has 0 aliphatic rings. The van der Waals surface area contributed by atoms with Gasteiger partial charge in [-0.05, 0) is 6.42 Å². The Morgan fingerprint density at radius 2 is 1.79 bits per heavy atom. The van der Waals surface area contributed by atoms with Crippen molar-refractivity contribution in [1.82, 2.24) is 0 Å². The van der Waals surface area contributed by atoms with Gasteiger partial charge in [0.25, 0.3) is 0 Å². The molecule has 0 spiro atoms. The van der Waals surface area contributed by atoms with Gasteiger partial charge in [-0.25, -0.2) is 0 Å². The maximum Gasteiger partial charge on any atom is 0.320 e. The molecule has 78 valence electrons. The van der Waals surface area contributed by atoms with E-state index in [0.29, 0.717) is 0 Å². The van der Waals surface area contributed by atoms with Crippen molar-refractivity contribution in [2.24, 2.45) is 5.92 Å². The summed E-state index contributed by atoms with van der Waals surface area (Å²) in [6.45, 7) is 3.47. The standard InChI is InChI=1S/C10H14O4/c1-4-5-6-7-8(9(11)13-2)10(12)14-3/h4-6,8H,1,7H2,2-3H3/b6-5+. The van der Waals surface area contributed by atoms with Gasteiger partial charge in [0.1, 0.15) is 0 Å². The first-order chi connectivity index (χ1) is 6.67. The van der Waals surface area contributed by atoms with Gasteiger partial charge in [0, 0.05) is 0 Å². The number of hydrogen-bond donors (Lipinski definition) is 0. The lowest BCUT2D eigenvalue weighted by molar-refractivity contribution is -0.158. The zero-order chi connectivity index (χ0) is 11.0. The first-order valence-corrected chi connectivity index (χ1v) is 4.10. The summed E-state index contributed by atoms with van der Waals surface area (Å²) in [5, 5.41) is 0. The van der Waals surface area contributed by atoms with Crippen molar-refractivity contribution in [3.8, 4) is 0 Å². The second-order valence-corrected chi connectivity index (χ2v) is 2.50. The van der Waals surface area contributed by atoms with Crippen LogP contribution in [0.2, 0.25) is 0 Å². The molecular formula is C10H14O4. The molecule has 0 unspecified atom stereocenters. The average Bonchev–Trinajstić information content (AvgIpc) is 2.22. The van der Waals surface area contributed by atoms with Crippen LogP contribution in [0.25, 0.3) is 0 Å². The molecule has 0 saturated carbocycles. The van der Waals surface area contributed by atoms with E-state index >= 15 is 0 Å². The SMILES string of the molecule is C=C/C=C/CC(C(=O)OC)C(=O)OC. The Labute approximate surface area is 83.2 Å². The van der Waals surface area contributed by atoms with Crippen LogP contribution in [0.4, 0.5) is 0 Å². The monoisotopic (exact) mass is 198 g/mol. The van der Waals surface area contributed by atoms with E-state index in [0.717, 1.165) is 0 Å². The summed E-state index contributed by atoms with van der Waals surface area (Å²) in [6, 6.07) is 0. The zero-order valence-electron chi connectivity index (χ0n) is 8.36. The van der Waals surface area contributed by atoms with E-state index in [1.165, 1.54) is 14.2 Å². The van der Waals surface area contributed by atoms with Crippen molar-refractivity contribution in [3.05, 3.63) is 24.8 Å². The Kier molecular flexibility index (Phi) is 6.11. The fourth-order valence-corrected chi connectivity index (χ4v) is 0.884. The minimum absolute atomic E-state index is 0.255. The van der Waals surface area contributed by atoms with Gasteiger partial charge in [-0.15, -0.1) is 0 Å². The first-order valence-electron chi connectivity index (χ1n) is 4.10. The first kappa shape index (κ1) is 12.4. The lowest BCUT2D eigenvalue weighted by Gasteiger charge is -2.09. The predicted molar refractivity (Wildman–Crippen MR) is 51.5 cm³/mol. The van der Waals surface area contributed by atoms with E-state index in [4.69, 9.17) is 0 Å². The Hall–Kier alpha value is -1.58. The van der Waals surface area contributed by atoms with Crippen LogP contribution in [0.3, 0.4) is 0 Å². The number of carbonyl (C=O) groups excluding carboxylic acids is 2. The minimum atomic E-state index is -0.888. The molecule has 0 atom stereocenters. The molecule has 0 fully saturated rings. The van der Waals surface area contributed by atoms with Crippen molar-refractivity contribution in [2.75, 3.05) is 14.2 Å². The molecule has 0 N–H and O–H groups in total. The van der Waals surface area contributed by atoms with E-state index in [-0.39, 0.29) is 6.42 Å². The summed E-state index contributed by atoms with van der Waals surface area (Å²) >= 11 is 0. The number of carbonyl (C=O) groups is 2. The molecule has 0 aliphatic carbocycles. The number of allylic oxidation sites excluding steroid dienone is 3. The zero-order valence-corrected chi connectivity index (χ0v) is 8.36. The molecule has 4 heteroatoms. The molecule has 14 heavy (non-hydrogen) atoms. The number of rotatable bonds is 5. The maximum atomic E-state index is 11.1. The summed E-state index contributed by atoms with van der Waals surface area (Å²) in [5.74, 6) is -2.07. The summed E-state index contributed by atoms with van der Waals surface area (Å²) in [6.07, 6.45) is 5.13. The van der Waals surface area contributed by atoms with Gasteiger partial charge in [-0.1, -0.05) is 24.8 Å². The molecule has 0 saturated heterocycles. The smallest absolute Gasteiger partial charge is 0.320 e. The third kappa shape index (κ3) is 3.89. The average molecular weight is 198 g/mol. The van der Waals surface area contributed by atoms with Crippen LogP contribution in [-0.2, 0) is 19.1 Å². The lowest BCUT2D eigenvalue weighted by atomic mass is 10.1. The number of hydrogen-bond acceptors (Lipinski definition) is 4. The highest BCUT2D eigenvalue weighted by atomic mass is 16.5. The Bertz CT molecular complexity index is 227. The van der Waals surface area contributed by atoms with E-state index in [1.807, 2.05) is 0 Å². The molecule has 0 bridgehead atoms. The quantitative estimate of drug-likeness (QED) is 0.377. The van der Waals surface area contributed by atoms with Crippen LogP contribution < -0.4 is 0 Å². The van der Waals surface area contributed by atoms with Crippen molar-refractivity contribution in [2.45, 2.75) is 6.42 Å². The topological polar surface area (TPSA) is 52.6 Å². The van der Waals surface area contributed by atoms with Crippen LogP contribution in [0.1, 0.15) is 6.42 Å². The molecule has 0 aromatic heterocycles. The van der Waals surface area contributed by atoms with E-state index < -0.39 is 17.9 Å². The lowest BCUT2D eigenvalue weighted by Crippen LogP contribution is -2.25. The molecule has 0 aromatic rings. The Balaban J connectivity index is 4.39. The second-order valence-electron chi connectivity index (χ2n) is 2.50. The maximum absolute atomic E-state index is 11.1. The molecule has 4 nitrogen and oxygen atoms in total. The normalized spacial score (nSPS) is 10.2. The summed E-state index contributed by atoms with van der Waals surface area (Å²) in [7, 11) is 2.46. The molecule has 0 aliphatic heterocycles. The van der Waals surface area contributed by atoms with Crippen molar-refractivity contribution in [1.29, 1.82) is 0 Å². The summed E-state index contributed by atoms with van der Waals surface area (Å²) < 4.78 is 8.93. The van der Waals surface area contributed by atoms with Crippen molar-refractivity contribution < 1.29 is 19.1 Å². The second kappa shape index (κ2) is 6.88. The molecule has 0 amide bonds. The largest absolute Gasteiger partial charge is 0.468 e. The van der Waals surface area contributed by atoms with Gasteiger partial charge in [0.05, 0.1) is 14.2 Å². The van der Waals surface area contributed by atoms with Crippen LogP contribution >= 0.6 is 0 Å². The molecule has 0 rings (SSSR count). The molecule has 0 aromatic carbocycles. The van der Waals surface area contributed by atoms with Crippen LogP contribution in [0.15, 0.2) is 24.8 Å². The van der Waals surface area contributed by atoms with Crippen molar-refractivity contribution >= 4 is 11.9 Å². The van der Waals surface area contributed by atoms with Crippen LogP contribution in [0, 0.1) is 5.92 Å². The van der Waals surface area contributed by atoms with Gasteiger partial charge in [0.15, 0.2) is 5.92 Å². The van der Waals surface area contributed by atoms with E-state index in [1.54, 1.807) is 18.2 Å². The van der Waals surface area contributed by atoms with Crippen LogP contribution in [0.5, 0.6) is 0 Å². The summed E-state index contributed by atoms with van der Waals surface area (Å²) in [4.78, 5) is 22.2. The van der Waals surface area contributed by atoms with E-state index in [2.05, 4.69) is 16.1 Å². The Morgan fingerprint density at radius 1 is 1.29 bits per heavy atom. The van der Waals surface area contributed by atoms with Gasteiger partial charge in [-0.2, -0.15) is 0 Å². The number of esters is 2. The fourth-order valence-electron chi connectivity index (χ4n) is 0.884. The molecule has 0 heterocycles. The number of methoxy groups -OCH3 is 2. The minimum Gasteiger partial charge on any atom is -0.468 e. The predicted octanol–water partition coefficient (Wildman–Crippen LogP) is 1.08. The molecular weight excluding hydrogens is 184 g/mol. The van der Waals surface area contributed by atoms with E-state index in [9.17, 15) is 9.59 Å². The van der Waals surface area contributed by atoms with Crippen molar-refractivity contribution in [3.63, 3.8) is 0 Å². The third-order valence-corrected chi connectivity index (χ3v) is 1.62. The van der Waals surface area contributed by atoms with Gasteiger partial charge < -0.3 is 9.47 Å². The summed E-state index contributed by atoms with van der Waals surface area (Å²) in [5.41, 5.74) is 0.